The number of ether oxygens (including phenoxy) is 1. The van der Waals surface area contributed by atoms with Gasteiger partial charge in [-0.1, -0.05) is 12.1 Å². The molecule has 4 heteroatoms. The molecular weight excluding hydrogens is 262 g/mol. The molecule has 21 heavy (non-hydrogen) atoms. The van der Waals surface area contributed by atoms with Gasteiger partial charge >= 0.3 is 0 Å². The number of imidazole rings is 1. The van der Waals surface area contributed by atoms with E-state index in [1.165, 1.54) is 5.56 Å². The molecule has 1 heterocycles. The monoisotopic (exact) mass is 277 g/mol. The van der Waals surface area contributed by atoms with E-state index in [9.17, 15) is 0 Å². The van der Waals surface area contributed by atoms with Crippen molar-refractivity contribution in [1.29, 1.82) is 5.26 Å². The molecule has 4 nitrogen and oxygen atoms in total. The van der Waals surface area contributed by atoms with Crippen molar-refractivity contribution in [3.63, 3.8) is 0 Å². The fraction of sp³-hybridized carbons (Fsp3) is 0.176. The van der Waals surface area contributed by atoms with Gasteiger partial charge in [0, 0.05) is 6.42 Å². The largest absolute Gasteiger partial charge is 0.497 e. The molecular formula is C17H15N3O. The molecule has 3 aromatic rings. The van der Waals surface area contributed by atoms with E-state index in [2.05, 4.69) is 28.2 Å². The molecule has 3 rings (SSSR count). The lowest BCUT2D eigenvalue weighted by atomic mass is 10.1. The summed E-state index contributed by atoms with van der Waals surface area (Å²) in [5, 5.41) is 8.90. The normalized spacial score (nSPS) is 10.5. The lowest BCUT2D eigenvalue weighted by Crippen LogP contribution is -1.93. The predicted octanol–water partition coefficient (Wildman–Crippen LogP) is 3.23. The fourth-order valence-electron chi connectivity index (χ4n) is 2.31. The van der Waals surface area contributed by atoms with Crippen molar-refractivity contribution in [2.45, 2.75) is 12.8 Å². The Morgan fingerprint density at radius 1 is 1.14 bits per heavy atom. The summed E-state index contributed by atoms with van der Waals surface area (Å²) in [6.07, 6.45) is 1.75. The second-order valence-electron chi connectivity index (χ2n) is 4.88. The molecule has 0 unspecified atom stereocenters. The highest BCUT2D eigenvalue weighted by Gasteiger charge is 2.04. The zero-order valence-electron chi connectivity index (χ0n) is 11.8. The molecule has 0 saturated carbocycles. The molecule has 0 aliphatic carbocycles. The number of benzene rings is 2. The van der Waals surface area contributed by atoms with Gasteiger partial charge in [0.15, 0.2) is 0 Å². The summed E-state index contributed by atoms with van der Waals surface area (Å²) >= 11 is 0. The quantitative estimate of drug-likeness (QED) is 0.796. The lowest BCUT2D eigenvalue weighted by molar-refractivity contribution is 0.414. The van der Waals surface area contributed by atoms with Gasteiger partial charge in [0.25, 0.3) is 0 Å². The minimum absolute atomic E-state index is 0.646. The van der Waals surface area contributed by atoms with Crippen molar-refractivity contribution in [3.8, 4) is 11.8 Å². The number of nitriles is 1. The molecule has 0 amide bonds. The standard InChI is InChI=1S/C17H15N3O/c1-21-14-6-2-12(3-7-14)5-9-17-19-15-8-4-13(11-18)10-16(15)20-17/h2-4,6-8,10H,5,9H2,1H3,(H,19,20). The highest BCUT2D eigenvalue weighted by molar-refractivity contribution is 5.76. The number of H-pyrrole nitrogens is 1. The number of rotatable bonds is 4. The average Bonchev–Trinajstić information content (AvgIpc) is 2.95. The Balaban J connectivity index is 1.74. The van der Waals surface area contributed by atoms with E-state index in [0.717, 1.165) is 35.4 Å². The Kier molecular flexibility index (Phi) is 3.57. The molecule has 0 aliphatic rings. The van der Waals surface area contributed by atoms with Crippen LogP contribution in [0.25, 0.3) is 11.0 Å². The Morgan fingerprint density at radius 3 is 2.67 bits per heavy atom. The Hall–Kier alpha value is -2.80. The number of aromatic nitrogens is 2. The van der Waals surface area contributed by atoms with E-state index in [0.29, 0.717) is 5.56 Å². The number of nitrogens with zero attached hydrogens (tertiary/aromatic N) is 2. The average molecular weight is 277 g/mol. The minimum Gasteiger partial charge on any atom is -0.497 e. The first-order chi connectivity index (χ1) is 10.3. The molecule has 0 atom stereocenters. The summed E-state index contributed by atoms with van der Waals surface area (Å²) in [5.41, 5.74) is 3.71. The van der Waals surface area contributed by atoms with Crippen LogP contribution in [0.1, 0.15) is 17.0 Å². The van der Waals surface area contributed by atoms with Crippen molar-refractivity contribution in [2.75, 3.05) is 7.11 Å². The van der Waals surface area contributed by atoms with E-state index in [1.54, 1.807) is 13.2 Å². The first-order valence-electron chi connectivity index (χ1n) is 6.80. The molecule has 0 spiro atoms. The first kappa shape index (κ1) is 13.2. The molecule has 0 radical (unpaired) electrons. The third-order valence-corrected chi connectivity index (χ3v) is 3.47. The van der Waals surface area contributed by atoms with Gasteiger partial charge in [0.1, 0.15) is 11.6 Å². The van der Waals surface area contributed by atoms with Crippen molar-refractivity contribution < 1.29 is 4.74 Å². The van der Waals surface area contributed by atoms with Crippen LogP contribution in [-0.4, -0.2) is 17.1 Å². The highest BCUT2D eigenvalue weighted by atomic mass is 16.5. The SMILES string of the molecule is COc1ccc(CCc2nc3ccc(C#N)cc3[nH]2)cc1. The van der Waals surface area contributed by atoms with E-state index in [1.807, 2.05) is 24.3 Å². The topological polar surface area (TPSA) is 61.7 Å². The number of methoxy groups -OCH3 is 1. The van der Waals surface area contributed by atoms with Crippen molar-refractivity contribution >= 4 is 11.0 Å². The van der Waals surface area contributed by atoms with Gasteiger partial charge in [0.05, 0.1) is 29.8 Å². The Morgan fingerprint density at radius 2 is 1.95 bits per heavy atom. The van der Waals surface area contributed by atoms with Crippen LogP contribution < -0.4 is 4.74 Å². The number of fused-ring (bicyclic) bond motifs is 1. The van der Waals surface area contributed by atoms with Gasteiger partial charge < -0.3 is 9.72 Å². The molecule has 0 aliphatic heterocycles. The van der Waals surface area contributed by atoms with Crippen LogP contribution in [0.15, 0.2) is 42.5 Å². The van der Waals surface area contributed by atoms with Crippen LogP contribution in [-0.2, 0) is 12.8 Å². The van der Waals surface area contributed by atoms with Crippen molar-refractivity contribution in [2.24, 2.45) is 0 Å². The number of aryl methyl sites for hydroxylation is 2. The molecule has 0 fully saturated rings. The maximum Gasteiger partial charge on any atom is 0.118 e. The maximum atomic E-state index is 8.90. The van der Waals surface area contributed by atoms with Crippen molar-refractivity contribution in [3.05, 3.63) is 59.4 Å². The minimum atomic E-state index is 0.646. The van der Waals surface area contributed by atoms with Gasteiger partial charge in [-0.05, 0) is 42.3 Å². The van der Waals surface area contributed by atoms with Crippen LogP contribution in [0.5, 0.6) is 5.75 Å². The van der Waals surface area contributed by atoms with Crippen LogP contribution >= 0.6 is 0 Å². The van der Waals surface area contributed by atoms with Crippen LogP contribution in [0.3, 0.4) is 0 Å². The van der Waals surface area contributed by atoms with E-state index < -0.39 is 0 Å². The number of hydrogen-bond acceptors (Lipinski definition) is 3. The first-order valence-corrected chi connectivity index (χ1v) is 6.80. The van der Waals surface area contributed by atoms with Gasteiger partial charge in [-0.15, -0.1) is 0 Å². The van der Waals surface area contributed by atoms with Gasteiger partial charge in [0.2, 0.25) is 0 Å². The second-order valence-corrected chi connectivity index (χ2v) is 4.88. The van der Waals surface area contributed by atoms with E-state index in [4.69, 9.17) is 10.00 Å². The third kappa shape index (κ3) is 2.87. The predicted molar refractivity (Wildman–Crippen MR) is 81.2 cm³/mol. The summed E-state index contributed by atoms with van der Waals surface area (Å²) in [6.45, 7) is 0. The van der Waals surface area contributed by atoms with E-state index in [-0.39, 0.29) is 0 Å². The van der Waals surface area contributed by atoms with Gasteiger partial charge in [-0.25, -0.2) is 4.98 Å². The molecule has 1 N–H and O–H groups in total. The van der Waals surface area contributed by atoms with Crippen LogP contribution in [0.2, 0.25) is 0 Å². The van der Waals surface area contributed by atoms with Crippen molar-refractivity contribution in [1.82, 2.24) is 9.97 Å². The fourth-order valence-corrected chi connectivity index (χ4v) is 2.31. The van der Waals surface area contributed by atoms with Crippen LogP contribution in [0, 0.1) is 11.3 Å². The zero-order chi connectivity index (χ0) is 14.7. The molecule has 0 saturated heterocycles. The second kappa shape index (κ2) is 5.68. The third-order valence-electron chi connectivity index (χ3n) is 3.47. The zero-order valence-corrected chi connectivity index (χ0v) is 11.8. The lowest BCUT2D eigenvalue weighted by Gasteiger charge is -2.02. The molecule has 104 valence electrons. The smallest absolute Gasteiger partial charge is 0.118 e. The van der Waals surface area contributed by atoms with Gasteiger partial charge in [-0.2, -0.15) is 5.26 Å². The highest BCUT2D eigenvalue weighted by Crippen LogP contribution is 2.16. The molecule has 2 aromatic carbocycles. The van der Waals surface area contributed by atoms with Gasteiger partial charge in [-0.3, -0.25) is 0 Å². The summed E-state index contributed by atoms with van der Waals surface area (Å²) in [6, 6.07) is 15.7. The Labute approximate surface area is 123 Å². The summed E-state index contributed by atoms with van der Waals surface area (Å²) in [4.78, 5) is 7.82. The summed E-state index contributed by atoms with van der Waals surface area (Å²) in [5.74, 6) is 1.81. The number of aromatic amines is 1. The summed E-state index contributed by atoms with van der Waals surface area (Å²) < 4.78 is 5.15. The molecule has 1 aromatic heterocycles. The van der Waals surface area contributed by atoms with Crippen LogP contribution in [0.4, 0.5) is 0 Å². The number of hydrogen-bond donors (Lipinski definition) is 1. The molecule has 0 bridgehead atoms. The Bertz CT molecular complexity index is 797. The van der Waals surface area contributed by atoms with E-state index >= 15 is 0 Å². The summed E-state index contributed by atoms with van der Waals surface area (Å²) in [7, 11) is 1.67. The number of nitrogens with one attached hydrogen (secondary N) is 1. The maximum absolute atomic E-state index is 8.90.